The molecule has 2 saturated heterocycles. The standard InChI is InChI=1S/C18H34N2O/c1-3-17(4-2)9-10-20(13-17)14-18(8-5-11-21-15-18)12-19-16-6-7-16/h16,19H,3-15H2,1-2H3. The smallest absolute Gasteiger partial charge is 0.0546 e. The number of hydrogen-bond acceptors (Lipinski definition) is 3. The maximum atomic E-state index is 5.89. The van der Waals surface area contributed by atoms with Crippen LogP contribution in [0.2, 0.25) is 0 Å². The Hall–Kier alpha value is -0.120. The Bertz CT molecular complexity index is 330. The highest BCUT2D eigenvalue weighted by atomic mass is 16.5. The minimum absolute atomic E-state index is 0.373. The van der Waals surface area contributed by atoms with Gasteiger partial charge in [-0.3, -0.25) is 0 Å². The van der Waals surface area contributed by atoms with Gasteiger partial charge in [-0.15, -0.1) is 0 Å². The van der Waals surface area contributed by atoms with Crippen LogP contribution in [-0.2, 0) is 4.74 Å². The molecule has 1 saturated carbocycles. The lowest BCUT2D eigenvalue weighted by Gasteiger charge is -2.40. The Morgan fingerprint density at radius 1 is 1.14 bits per heavy atom. The number of rotatable bonds is 7. The third kappa shape index (κ3) is 3.80. The Morgan fingerprint density at radius 3 is 2.52 bits per heavy atom. The van der Waals surface area contributed by atoms with Crippen molar-refractivity contribution in [1.29, 1.82) is 0 Å². The Balaban J connectivity index is 1.58. The van der Waals surface area contributed by atoms with Gasteiger partial charge in [0.05, 0.1) is 6.61 Å². The van der Waals surface area contributed by atoms with E-state index in [1.165, 1.54) is 71.1 Å². The first kappa shape index (κ1) is 15.8. The van der Waals surface area contributed by atoms with Gasteiger partial charge in [0.2, 0.25) is 0 Å². The summed E-state index contributed by atoms with van der Waals surface area (Å²) in [7, 11) is 0. The van der Waals surface area contributed by atoms with Crippen molar-refractivity contribution < 1.29 is 4.74 Å². The largest absolute Gasteiger partial charge is 0.381 e. The summed E-state index contributed by atoms with van der Waals surface area (Å²) in [6, 6.07) is 0.813. The summed E-state index contributed by atoms with van der Waals surface area (Å²) >= 11 is 0. The van der Waals surface area contributed by atoms with Crippen LogP contribution in [-0.4, -0.2) is 50.3 Å². The fourth-order valence-electron chi connectivity index (χ4n) is 4.34. The predicted octanol–water partition coefficient (Wildman–Crippen LogP) is 3.05. The van der Waals surface area contributed by atoms with Gasteiger partial charge >= 0.3 is 0 Å². The molecule has 1 aliphatic carbocycles. The number of nitrogens with zero attached hydrogens (tertiary/aromatic N) is 1. The first-order valence-corrected chi connectivity index (χ1v) is 9.23. The summed E-state index contributed by atoms with van der Waals surface area (Å²) in [5, 5.41) is 3.78. The summed E-state index contributed by atoms with van der Waals surface area (Å²) < 4.78 is 5.89. The molecule has 1 N–H and O–H groups in total. The van der Waals surface area contributed by atoms with Gasteiger partial charge in [-0.2, -0.15) is 0 Å². The van der Waals surface area contributed by atoms with E-state index in [9.17, 15) is 0 Å². The van der Waals surface area contributed by atoms with Crippen molar-refractivity contribution in [2.45, 2.75) is 64.8 Å². The molecule has 3 nitrogen and oxygen atoms in total. The summed E-state index contributed by atoms with van der Waals surface area (Å²) in [6.07, 6.45) is 9.42. The number of likely N-dealkylation sites (tertiary alicyclic amines) is 1. The zero-order valence-electron chi connectivity index (χ0n) is 14.1. The van der Waals surface area contributed by atoms with Crippen LogP contribution in [0.25, 0.3) is 0 Å². The molecule has 3 heteroatoms. The second kappa shape index (κ2) is 6.55. The highest BCUT2D eigenvalue weighted by Gasteiger charge is 2.41. The van der Waals surface area contributed by atoms with Crippen LogP contribution in [0.1, 0.15) is 58.8 Å². The lowest BCUT2D eigenvalue weighted by molar-refractivity contribution is -0.0247. The summed E-state index contributed by atoms with van der Waals surface area (Å²) in [6.45, 7) is 11.7. The topological polar surface area (TPSA) is 24.5 Å². The van der Waals surface area contributed by atoms with E-state index in [4.69, 9.17) is 4.74 Å². The highest BCUT2D eigenvalue weighted by molar-refractivity contribution is 4.95. The average molecular weight is 294 g/mol. The fraction of sp³-hybridized carbons (Fsp3) is 1.00. The Morgan fingerprint density at radius 2 is 1.95 bits per heavy atom. The van der Waals surface area contributed by atoms with Crippen LogP contribution in [0.3, 0.4) is 0 Å². The lowest BCUT2D eigenvalue weighted by atomic mass is 9.80. The van der Waals surface area contributed by atoms with Gasteiger partial charge in [-0.25, -0.2) is 0 Å². The summed E-state index contributed by atoms with van der Waals surface area (Å²) in [4.78, 5) is 2.75. The van der Waals surface area contributed by atoms with Crippen molar-refractivity contribution >= 4 is 0 Å². The minimum atomic E-state index is 0.373. The van der Waals surface area contributed by atoms with Gasteiger partial charge in [-0.05, 0) is 56.9 Å². The average Bonchev–Trinajstić information content (AvgIpc) is 3.27. The number of nitrogens with one attached hydrogen (secondary N) is 1. The quantitative estimate of drug-likeness (QED) is 0.781. The van der Waals surface area contributed by atoms with E-state index < -0.39 is 0 Å². The van der Waals surface area contributed by atoms with E-state index >= 15 is 0 Å². The third-order valence-corrected chi connectivity index (χ3v) is 6.32. The van der Waals surface area contributed by atoms with E-state index in [1.54, 1.807) is 0 Å². The SMILES string of the molecule is CCC1(CC)CCN(CC2(CNC3CC3)CCCOC2)C1. The number of ether oxygens (including phenoxy) is 1. The summed E-state index contributed by atoms with van der Waals surface area (Å²) in [5.74, 6) is 0. The van der Waals surface area contributed by atoms with Crippen LogP contribution < -0.4 is 5.32 Å². The second-order valence-corrected chi connectivity index (χ2v) is 7.98. The van der Waals surface area contributed by atoms with E-state index in [2.05, 4.69) is 24.1 Å². The van der Waals surface area contributed by atoms with Crippen LogP contribution in [0.4, 0.5) is 0 Å². The van der Waals surface area contributed by atoms with Crippen LogP contribution in [0.15, 0.2) is 0 Å². The number of hydrogen-bond donors (Lipinski definition) is 1. The highest BCUT2D eigenvalue weighted by Crippen LogP contribution is 2.39. The van der Waals surface area contributed by atoms with Gasteiger partial charge in [-0.1, -0.05) is 13.8 Å². The zero-order valence-corrected chi connectivity index (χ0v) is 14.1. The fourth-order valence-corrected chi connectivity index (χ4v) is 4.34. The van der Waals surface area contributed by atoms with Crippen molar-refractivity contribution in [2.24, 2.45) is 10.8 Å². The zero-order chi connectivity index (χ0) is 14.8. The molecule has 21 heavy (non-hydrogen) atoms. The first-order valence-electron chi connectivity index (χ1n) is 9.23. The molecule has 1 atom stereocenters. The molecule has 0 aromatic carbocycles. The monoisotopic (exact) mass is 294 g/mol. The van der Waals surface area contributed by atoms with Gasteiger partial charge in [0.25, 0.3) is 0 Å². The van der Waals surface area contributed by atoms with E-state index in [-0.39, 0.29) is 0 Å². The molecule has 0 bridgehead atoms. The predicted molar refractivity (Wildman–Crippen MR) is 87.6 cm³/mol. The van der Waals surface area contributed by atoms with E-state index in [0.29, 0.717) is 10.8 Å². The van der Waals surface area contributed by atoms with Gasteiger partial charge in [0, 0.05) is 37.7 Å². The van der Waals surface area contributed by atoms with E-state index in [0.717, 1.165) is 19.3 Å². The Kier molecular flexibility index (Phi) is 4.92. The third-order valence-electron chi connectivity index (χ3n) is 6.32. The lowest BCUT2D eigenvalue weighted by Crippen LogP contribution is -2.49. The molecule has 0 spiro atoms. The van der Waals surface area contributed by atoms with Crippen molar-refractivity contribution in [3.63, 3.8) is 0 Å². The molecule has 3 aliphatic rings. The van der Waals surface area contributed by atoms with Crippen LogP contribution in [0.5, 0.6) is 0 Å². The molecule has 0 amide bonds. The van der Waals surface area contributed by atoms with Crippen LogP contribution >= 0.6 is 0 Å². The minimum Gasteiger partial charge on any atom is -0.381 e. The molecular formula is C18H34N2O. The maximum Gasteiger partial charge on any atom is 0.0546 e. The molecule has 0 aromatic heterocycles. The maximum absolute atomic E-state index is 5.89. The Labute approximate surface area is 130 Å². The van der Waals surface area contributed by atoms with Crippen molar-refractivity contribution in [3.8, 4) is 0 Å². The molecule has 2 heterocycles. The normalized spacial score (nSPS) is 33.4. The van der Waals surface area contributed by atoms with E-state index in [1.807, 2.05) is 0 Å². The molecular weight excluding hydrogens is 260 g/mol. The molecule has 0 aromatic rings. The molecule has 122 valence electrons. The van der Waals surface area contributed by atoms with Crippen molar-refractivity contribution in [3.05, 3.63) is 0 Å². The molecule has 0 radical (unpaired) electrons. The molecule has 3 rings (SSSR count). The molecule has 3 fully saturated rings. The second-order valence-electron chi connectivity index (χ2n) is 7.98. The van der Waals surface area contributed by atoms with Crippen molar-refractivity contribution in [1.82, 2.24) is 10.2 Å². The van der Waals surface area contributed by atoms with Gasteiger partial charge < -0.3 is 15.0 Å². The van der Waals surface area contributed by atoms with Gasteiger partial charge in [0.1, 0.15) is 0 Å². The van der Waals surface area contributed by atoms with Crippen LogP contribution in [0, 0.1) is 10.8 Å². The summed E-state index contributed by atoms with van der Waals surface area (Å²) in [5.41, 5.74) is 0.971. The van der Waals surface area contributed by atoms with Crippen molar-refractivity contribution in [2.75, 3.05) is 39.4 Å². The van der Waals surface area contributed by atoms with Gasteiger partial charge in [0.15, 0.2) is 0 Å². The molecule has 2 aliphatic heterocycles. The first-order chi connectivity index (χ1) is 10.2. The molecule has 1 unspecified atom stereocenters.